The lowest BCUT2D eigenvalue weighted by molar-refractivity contribution is 0.245. The van der Waals surface area contributed by atoms with E-state index in [9.17, 15) is 0 Å². The molecule has 4 heteroatoms. The summed E-state index contributed by atoms with van der Waals surface area (Å²) in [5.74, 6) is 1.17. The molecule has 0 unspecified atom stereocenters. The Morgan fingerprint density at radius 1 is 1.47 bits per heavy atom. The predicted molar refractivity (Wildman–Crippen MR) is 61.1 cm³/mol. The van der Waals surface area contributed by atoms with Crippen molar-refractivity contribution < 1.29 is 4.74 Å². The van der Waals surface area contributed by atoms with Gasteiger partial charge in [-0.1, -0.05) is 24.4 Å². The highest BCUT2D eigenvalue weighted by Gasteiger charge is 2.16. The summed E-state index contributed by atoms with van der Waals surface area (Å²) in [5, 5.41) is 0.542. The van der Waals surface area contributed by atoms with E-state index in [0.717, 1.165) is 6.61 Å². The Labute approximate surface area is 94.6 Å². The fraction of sp³-hybridized carbons (Fsp3) is 0.545. The van der Waals surface area contributed by atoms with Crippen molar-refractivity contribution in [2.75, 3.05) is 12.3 Å². The standard InChI is InChI=1S/C11H15ClN2O/c12-9-5-10(13)11(14-6-9)15-7-8-3-1-2-4-8/h5-6,8H,1-4,7,13H2. The van der Waals surface area contributed by atoms with Crippen LogP contribution in [0.4, 0.5) is 5.69 Å². The number of halogens is 1. The number of hydrogen-bond acceptors (Lipinski definition) is 3. The third-order valence-electron chi connectivity index (χ3n) is 2.78. The first kappa shape index (κ1) is 10.6. The van der Waals surface area contributed by atoms with Crippen LogP contribution in [0.1, 0.15) is 25.7 Å². The molecule has 1 aliphatic carbocycles. The van der Waals surface area contributed by atoms with Gasteiger partial charge in [0.15, 0.2) is 0 Å². The molecule has 0 radical (unpaired) electrons. The molecule has 15 heavy (non-hydrogen) atoms. The van der Waals surface area contributed by atoms with Crippen molar-refractivity contribution in [2.45, 2.75) is 25.7 Å². The van der Waals surface area contributed by atoms with Crippen LogP contribution in [0.5, 0.6) is 5.88 Å². The first-order valence-corrected chi connectivity index (χ1v) is 5.67. The Morgan fingerprint density at radius 2 is 2.20 bits per heavy atom. The SMILES string of the molecule is Nc1cc(Cl)cnc1OCC1CCCC1. The predicted octanol–water partition coefficient (Wildman–Crippen LogP) is 2.89. The highest BCUT2D eigenvalue weighted by molar-refractivity contribution is 6.30. The molecule has 0 atom stereocenters. The van der Waals surface area contributed by atoms with Crippen molar-refractivity contribution in [3.8, 4) is 5.88 Å². The van der Waals surface area contributed by atoms with Crippen molar-refractivity contribution >= 4 is 17.3 Å². The molecular weight excluding hydrogens is 212 g/mol. The minimum absolute atomic E-state index is 0.506. The van der Waals surface area contributed by atoms with Gasteiger partial charge in [-0.25, -0.2) is 4.98 Å². The molecule has 2 N–H and O–H groups in total. The average molecular weight is 227 g/mol. The molecular formula is C11H15ClN2O. The van der Waals surface area contributed by atoms with Gasteiger partial charge in [-0.3, -0.25) is 0 Å². The van der Waals surface area contributed by atoms with E-state index >= 15 is 0 Å². The topological polar surface area (TPSA) is 48.1 Å². The smallest absolute Gasteiger partial charge is 0.237 e. The molecule has 1 fully saturated rings. The van der Waals surface area contributed by atoms with Gasteiger partial charge in [0.1, 0.15) is 0 Å². The first-order valence-electron chi connectivity index (χ1n) is 5.29. The Bertz CT molecular complexity index is 337. The Morgan fingerprint density at radius 3 is 2.87 bits per heavy atom. The zero-order valence-corrected chi connectivity index (χ0v) is 9.33. The zero-order valence-electron chi connectivity index (χ0n) is 8.58. The van der Waals surface area contributed by atoms with Crippen molar-refractivity contribution in [3.63, 3.8) is 0 Å². The maximum absolute atomic E-state index is 5.75. The molecule has 1 aromatic rings. The van der Waals surface area contributed by atoms with Crippen molar-refractivity contribution in [1.29, 1.82) is 0 Å². The lowest BCUT2D eigenvalue weighted by Crippen LogP contribution is -2.10. The van der Waals surface area contributed by atoms with E-state index in [4.69, 9.17) is 22.1 Å². The van der Waals surface area contributed by atoms with Gasteiger partial charge in [0.2, 0.25) is 5.88 Å². The van der Waals surface area contributed by atoms with Gasteiger partial charge in [0.05, 0.1) is 17.3 Å². The molecule has 2 rings (SSSR count). The van der Waals surface area contributed by atoms with Gasteiger partial charge in [-0.05, 0) is 24.8 Å². The number of nitrogen functional groups attached to an aromatic ring is 1. The van der Waals surface area contributed by atoms with Gasteiger partial charge in [-0.15, -0.1) is 0 Å². The Kier molecular flexibility index (Phi) is 3.31. The Hall–Kier alpha value is -0.960. The van der Waals surface area contributed by atoms with Gasteiger partial charge in [0, 0.05) is 6.20 Å². The number of aromatic nitrogens is 1. The first-order chi connectivity index (χ1) is 7.25. The second kappa shape index (κ2) is 4.71. The summed E-state index contributed by atoms with van der Waals surface area (Å²) < 4.78 is 5.58. The van der Waals surface area contributed by atoms with Crippen LogP contribution >= 0.6 is 11.6 Å². The van der Waals surface area contributed by atoms with E-state index in [2.05, 4.69) is 4.98 Å². The molecule has 82 valence electrons. The molecule has 1 saturated carbocycles. The largest absolute Gasteiger partial charge is 0.476 e. The van der Waals surface area contributed by atoms with Crippen LogP contribution in [0.2, 0.25) is 5.02 Å². The highest BCUT2D eigenvalue weighted by atomic mass is 35.5. The number of rotatable bonds is 3. The highest BCUT2D eigenvalue weighted by Crippen LogP contribution is 2.27. The van der Waals surface area contributed by atoms with Gasteiger partial charge >= 0.3 is 0 Å². The van der Waals surface area contributed by atoms with Crippen molar-refractivity contribution in [1.82, 2.24) is 4.98 Å². The lowest BCUT2D eigenvalue weighted by atomic mass is 10.1. The Balaban J connectivity index is 1.92. The molecule has 0 aromatic carbocycles. The second-order valence-corrected chi connectivity index (χ2v) is 4.45. The third kappa shape index (κ3) is 2.75. The van der Waals surface area contributed by atoms with Crippen LogP contribution in [-0.4, -0.2) is 11.6 Å². The number of anilines is 1. The van der Waals surface area contributed by atoms with E-state index in [1.54, 1.807) is 12.3 Å². The number of hydrogen-bond donors (Lipinski definition) is 1. The van der Waals surface area contributed by atoms with E-state index in [-0.39, 0.29) is 0 Å². The minimum Gasteiger partial charge on any atom is -0.476 e. The number of nitrogens with zero attached hydrogens (tertiary/aromatic N) is 1. The number of nitrogens with two attached hydrogens (primary N) is 1. The second-order valence-electron chi connectivity index (χ2n) is 4.01. The molecule has 0 bridgehead atoms. The molecule has 3 nitrogen and oxygen atoms in total. The maximum Gasteiger partial charge on any atom is 0.237 e. The van der Waals surface area contributed by atoms with Crippen molar-refractivity contribution in [2.24, 2.45) is 5.92 Å². The normalized spacial score (nSPS) is 16.9. The molecule has 0 saturated heterocycles. The summed E-state index contributed by atoms with van der Waals surface area (Å²) in [7, 11) is 0. The summed E-state index contributed by atoms with van der Waals surface area (Å²) in [4.78, 5) is 4.06. The van der Waals surface area contributed by atoms with Crippen LogP contribution in [0.25, 0.3) is 0 Å². The quantitative estimate of drug-likeness (QED) is 0.862. The van der Waals surface area contributed by atoms with E-state index in [0.29, 0.717) is 22.5 Å². The van der Waals surface area contributed by atoms with Crippen LogP contribution in [0.15, 0.2) is 12.3 Å². The summed E-state index contributed by atoms with van der Waals surface area (Å²) in [6, 6.07) is 1.67. The van der Waals surface area contributed by atoms with E-state index in [1.165, 1.54) is 25.7 Å². The van der Waals surface area contributed by atoms with Crippen molar-refractivity contribution in [3.05, 3.63) is 17.3 Å². The summed E-state index contributed by atoms with van der Waals surface area (Å²) in [5.41, 5.74) is 6.25. The zero-order chi connectivity index (χ0) is 10.7. The van der Waals surface area contributed by atoms with Crippen LogP contribution in [0.3, 0.4) is 0 Å². The molecule has 0 spiro atoms. The monoisotopic (exact) mass is 226 g/mol. The maximum atomic E-state index is 5.75. The summed E-state index contributed by atoms with van der Waals surface area (Å²) in [6.45, 7) is 0.721. The van der Waals surface area contributed by atoms with Gasteiger partial charge < -0.3 is 10.5 Å². The third-order valence-corrected chi connectivity index (χ3v) is 2.98. The molecule has 0 aliphatic heterocycles. The fourth-order valence-corrected chi connectivity index (χ4v) is 2.10. The average Bonchev–Trinajstić information content (AvgIpc) is 2.69. The fourth-order valence-electron chi connectivity index (χ4n) is 1.94. The molecule has 1 aromatic heterocycles. The van der Waals surface area contributed by atoms with Gasteiger partial charge in [-0.2, -0.15) is 0 Å². The molecule has 1 aliphatic rings. The number of pyridine rings is 1. The molecule has 1 heterocycles. The van der Waals surface area contributed by atoms with Crippen LogP contribution < -0.4 is 10.5 Å². The van der Waals surface area contributed by atoms with E-state index < -0.39 is 0 Å². The van der Waals surface area contributed by atoms with E-state index in [1.807, 2.05) is 0 Å². The van der Waals surface area contributed by atoms with Crippen LogP contribution in [-0.2, 0) is 0 Å². The minimum atomic E-state index is 0.506. The number of ether oxygens (including phenoxy) is 1. The van der Waals surface area contributed by atoms with Gasteiger partial charge in [0.25, 0.3) is 0 Å². The van der Waals surface area contributed by atoms with Crippen LogP contribution in [0, 0.1) is 5.92 Å². The summed E-state index contributed by atoms with van der Waals surface area (Å²) >= 11 is 5.75. The molecule has 0 amide bonds. The summed E-state index contributed by atoms with van der Waals surface area (Å²) in [6.07, 6.45) is 6.71. The lowest BCUT2D eigenvalue weighted by Gasteiger charge is -2.11.